The second-order valence-corrected chi connectivity index (χ2v) is 6.17. The number of ether oxygens (including phenoxy) is 2. The SMILES string of the molecule is O=C(NCCCc1cccc2c1OCCO2)C1CCCCC1. The van der Waals surface area contributed by atoms with Gasteiger partial charge in [-0.15, -0.1) is 0 Å². The molecule has 1 fully saturated rings. The van der Waals surface area contributed by atoms with Gasteiger partial charge < -0.3 is 14.8 Å². The van der Waals surface area contributed by atoms with Gasteiger partial charge in [0, 0.05) is 12.5 Å². The quantitative estimate of drug-likeness (QED) is 0.850. The second kappa shape index (κ2) is 7.52. The number of carbonyl (C=O) groups excluding carboxylic acids is 1. The summed E-state index contributed by atoms with van der Waals surface area (Å²) < 4.78 is 11.3. The Kier molecular flexibility index (Phi) is 5.20. The Bertz CT molecular complexity index is 509. The van der Waals surface area contributed by atoms with Crippen LogP contribution in [-0.2, 0) is 11.2 Å². The molecule has 2 aliphatic rings. The molecule has 1 N–H and O–H groups in total. The Balaban J connectivity index is 1.44. The Morgan fingerprint density at radius 2 is 1.95 bits per heavy atom. The van der Waals surface area contributed by atoms with Gasteiger partial charge in [-0.3, -0.25) is 4.79 Å². The van der Waals surface area contributed by atoms with E-state index in [2.05, 4.69) is 11.4 Å². The van der Waals surface area contributed by atoms with Gasteiger partial charge in [-0.25, -0.2) is 0 Å². The fourth-order valence-electron chi connectivity index (χ4n) is 3.33. The largest absolute Gasteiger partial charge is 0.486 e. The van der Waals surface area contributed by atoms with Gasteiger partial charge in [0.1, 0.15) is 13.2 Å². The van der Waals surface area contributed by atoms with E-state index in [0.29, 0.717) is 13.2 Å². The Labute approximate surface area is 132 Å². The lowest BCUT2D eigenvalue weighted by molar-refractivity contribution is -0.125. The molecule has 4 nitrogen and oxygen atoms in total. The highest BCUT2D eigenvalue weighted by Gasteiger charge is 2.20. The van der Waals surface area contributed by atoms with E-state index in [0.717, 1.165) is 43.7 Å². The monoisotopic (exact) mass is 303 g/mol. The van der Waals surface area contributed by atoms with E-state index in [1.165, 1.54) is 24.8 Å². The number of benzene rings is 1. The number of rotatable bonds is 5. The molecule has 3 rings (SSSR count). The number of nitrogens with one attached hydrogen (secondary N) is 1. The van der Waals surface area contributed by atoms with Crippen LogP contribution in [0.5, 0.6) is 11.5 Å². The van der Waals surface area contributed by atoms with Crippen molar-refractivity contribution in [2.45, 2.75) is 44.9 Å². The van der Waals surface area contributed by atoms with Gasteiger partial charge in [0.2, 0.25) is 5.91 Å². The first-order valence-corrected chi connectivity index (χ1v) is 8.50. The molecule has 1 aromatic carbocycles. The number of amides is 1. The highest BCUT2D eigenvalue weighted by atomic mass is 16.6. The maximum atomic E-state index is 12.1. The molecule has 0 unspecified atom stereocenters. The zero-order chi connectivity index (χ0) is 15.2. The molecule has 1 aliphatic heterocycles. The van der Waals surface area contributed by atoms with Crippen LogP contribution in [0.2, 0.25) is 0 Å². The molecule has 1 aromatic rings. The molecule has 0 aromatic heterocycles. The lowest BCUT2D eigenvalue weighted by atomic mass is 9.88. The highest BCUT2D eigenvalue weighted by Crippen LogP contribution is 2.34. The minimum Gasteiger partial charge on any atom is -0.486 e. The van der Waals surface area contributed by atoms with Crippen LogP contribution in [0.25, 0.3) is 0 Å². The zero-order valence-electron chi connectivity index (χ0n) is 13.1. The van der Waals surface area contributed by atoms with Crippen LogP contribution in [0, 0.1) is 5.92 Å². The smallest absolute Gasteiger partial charge is 0.223 e. The summed E-state index contributed by atoms with van der Waals surface area (Å²) in [6.45, 7) is 1.97. The number of hydrogen-bond donors (Lipinski definition) is 1. The van der Waals surface area contributed by atoms with Crippen molar-refractivity contribution in [3.8, 4) is 11.5 Å². The Morgan fingerprint density at radius 3 is 2.82 bits per heavy atom. The van der Waals surface area contributed by atoms with Crippen molar-refractivity contribution >= 4 is 5.91 Å². The van der Waals surface area contributed by atoms with Crippen molar-refractivity contribution in [2.75, 3.05) is 19.8 Å². The van der Waals surface area contributed by atoms with Gasteiger partial charge in [0.25, 0.3) is 0 Å². The molecule has 1 aliphatic carbocycles. The van der Waals surface area contributed by atoms with Gasteiger partial charge >= 0.3 is 0 Å². The summed E-state index contributed by atoms with van der Waals surface area (Å²) in [6.07, 6.45) is 7.63. The van der Waals surface area contributed by atoms with Crippen LogP contribution in [-0.4, -0.2) is 25.7 Å². The molecule has 1 heterocycles. The van der Waals surface area contributed by atoms with Crippen molar-refractivity contribution in [3.63, 3.8) is 0 Å². The van der Waals surface area contributed by atoms with Crippen molar-refractivity contribution in [3.05, 3.63) is 23.8 Å². The molecule has 22 heavy (non-hydrogen) atoms. The van der Waals surface area contributed by atoms with Gasteiger partial charge in [-0.2, -0.15) is 0 Å². The summed E-state index contributed by atoms with van der Waals surface area (Å²) in [5, 5.41) is 3.09. The van der Waals surface area contributed by atoms with Crippen molar-refractivity contribution < 1.29 is 14.3 Å². The summed E-state index contributed by atoms with van der Waals surface area (Å²) >= 11 is 0. The zero-order valence-corrected chi connectivity index (χ0v) is 13.1. The number of fused-ring (bicyclic) bond motifs is 1. The average Bonchev–Trinajstić information content (AvgIpc) is 2.59. The third-order valence-corrected chi connectivity index (χ3v) is 4.55. The molecule has 1 amide bonds. The summed E-state index contributed by atoms with van der Waals surface area (Å²) in [6, 6.07) is 6.03. The van der Waals surface area contributed by atoms with Gasteiger partial charge in [-0.1, -0.05) is 31.4 Å². The third-order valence-electron chi connectivity index (χ3n) is 4.55. The normalized spacial score (nSPS) is 18.0. The predicted molar refractivity (Wildman–Crippen MR) is 85.3 cm³/mol. The first-order chi connectivity index (χ1) is 10.8. The van der Waals surface area contributed by atoms with Crippen LogP contribution in [0.1, 0.15) is 44.1 Å². The number of carbonyl (C=O) groups is 1. The van der Waals surface area contributed by atoms with Gasteiger partial charge in [0.05, 0.1) is 0 Å². The maximum Gasteiger partial charge on any atom is 0.223 e. The minimum atomic E-state index is 0.245. The van der Waals surface area contributed by atoms with E-state index in [1.54, 1.807) is 0 Å². The lowest BCUT2D eigenvalue weighted by Crippen LogP contribution is -2.32. The standard InChI is InChI=1S/C18H25NO3/c20-18(15-6-2-1-3-7-15)19-11-5-9-14-8-4-10-16-17(14)22-13-12-21-16/h4,8,10,15H,1-3,5-7,9,11-13H2,(H,19,20). The van der Waals surface area contributed by atoms with E-state index < -0.39 is 0 Å². The summed E-state index contributed by atoms with van der Waals surface area (Å²) in [7, 11) is 0. The van der Waals surface area contributed by atoms with Crippen molar-refractivity contribution in [2.24, 2.45) is 5.92 Å². The summed E-state index contributed by atoms with van der Waals surface area (Å²) in [5.74, 6) is 2.21. The Hall–Kier alpha value is -1.71. The maximum absolute atomic E-state index is 12.1. The van der Waals surface area contributed by atoms with Crippen LogP contribution < -0.4 is 14.8 Å². The molecule has 0 atom stereocenters. The van der Waals surface area contributed by atoms with Crippen molar-refractivity contribution in [1.29, 1.82) is 0 Å². The highest BCUT2D eigenvalue weighted by molar-refractivity contribution is 5.78. The molecular formula is C18H25NO3. The molecule has 0 radical (unpaired) electrons. The topological polar surface area (TPSA) is 47.6 Å². The van der Waals surface area contributed by atoms with Crippen molar-refractivity contribution in [1.82, 2.24) is 5.32 Å². The molecule has 0 bridgehead atoms. The number of aryl methyl sites for hydroxylation is 1. The first kappa shape index (κ1) is 15.2. The van der Waals surface area contributed by atoms with E-state index in [9.17, 15) is 4.79 Å². The number of para-hydroxylation sites is 1. The number of hydrogen-bond acceptors (Lipinski definition) is 3. The van der Waals surface area contributed by atoms with Crippen LogP contribution in [0.3, 0.4) is 0 Å². The third kappa shape index (κ3) is 3.73. The predicted octanol–water partition coefficient (Wildman–Crippen LogP) is 3.09. The lowest BCUT2D eigenvalue weighted by Gasteiger charge is -2.22. The molecular weight excluding hydrogens is 278 g/mol. The van der Waals surface area contributed by atoms with Gasteiger partial charge in [0.15, 0.2) is 11.5 Å². The minimum absolute atomic E-state index is 0.245. The molecule has 120 valence electrons. The molecule has 0 spiro atoms. The van der Waals surface area contributed by atoms with E-state index in [-0.39, 0.29) is 11.8 Å². The average molecular weight is 303 g/mol. The van der Waals surface area contributed by atoms with E-state index in [1.807, 2.05) is 12.1 Å². The molecule has 0 saturated heterocycles. The van der Waals surface area contributed by atoms with Crippen LogP contribution in [0.4, 0.5) is 0 Å². The summed E-state index contributed by atoms with van der Waals surface area (Å²) in [4.78, 5) is 12.1. The second-order valence-electron chi connectivity index (χ2n) is 6.17. The first-order valence-electron chi connectivity index (χ1n) is 8.50. The van der Waals surface area contributed by atoms with E-state index >= 15 is 0 Å². The molecule has 4 heteroatoms. The summed E-state index contributed by atoms with van der Waals surface area (Å²) in [5.41, 5.74) is 1.17. The fraction of sp³-hybridized carbons (Fsp3) is 0.611. The fourth-order valence-corrected chi connectivity index (χ4v) is 3.33. The van der Waals surface area contributed by atoms with Gasteiger partial charge in [-0.05, 0) is 37.3 Å². The van der Waals surface area contributed by atoms with E-state index in [4.69, 9.17) is 9.47 Å². The van der Waals surface area contributed by atoms with Crippen LogP contribution >= 0.6 is 0 Å². The molecule has 1 saturated carbocycles. The Morgan fingerprint density at radius 1 is 1.14 bits per heavy atom. The van der Waals surface area contributed by atoms with Crippen LogP contribution in [0.15, 0.2) is 18.2 Å².